The van der Waals surface area contributed by atoms with E-state index in [-0.39, 0.29) is 18.0 Å². The summed E-state index contributed by atoms with van der Waals surface area (Å²) >= 11 is 0. The first kappa shape index (κ1) is 17.0. The van der Waals surface area contributed by atoms with Crippen LogP contribution >= 0.6 is 0 Å². The number of hydrogen-bond donors (Lipinski definition) is 1. The molecule has 2 aromatic carbocycles. The molecule has 7 heteroatoms. The first-order valence-electron chi connectivity index (χ1n) is 7.73. The van der Waals surface area contributed by atoms with Gasteiger partial charge < -0.3 is 10.2 Å². The van der Waals surface area contributed by atoms with Crippen LogP contribution in [-0.2, 0) is 17.8 Å². The number of carbonyl (C=O) groups excluding carboxylic acids is 2. The first-order chi connectivity index (χ1) is 12.0. The number of carbonyl (C=O) groups is 2. The number of nitrogens with one attached hydrogen (secondary N) is 1. The van der Waals surface area contributed by atoms with Crippen molar-refractivity contribution in [2.45, 2.75) is 13.0 Å². The number of nitrogens with zero attached hydrogens (tertiary/aromatic N) is 1. The zero-order valence-electron chi connectivity index (χ0n) is 13.2. The Labute approximate surface area is 142 Å². The highest BCUT2D eigenvalue weighted by Gasteiger charge is 2.21. The van der Waals surface area contributed by atoms with E-state index >= 15 is 0 Å². The van der Waals surface area contributed by atoms with Crippen molar-refractivity contribution in [3.05, 3.63) is 70.5 Å². The molecule has 1 N–H and O–H groups in total. The lowest BCUT2D eigenvalue weighted by atomic mass is 10.00. The van der Waals surface area contributed by atoms with Gasteiger partial charge in [-0.25, -0.2) is 13.2 Å². The zero-order chi connectivity index (χ0) is 18.0. The van der Waals surface area contributed by atoms with Gasteiger partial charge in [-0.1, -0.05) is 24.3 Å². The average Bonchev–Trinajstić information content (AvgIpc) is 2.63. The first-order valence-corrected chi connectivity index (χ1v) is 7.73. The minimum atomic E-state index is -1.64. The Kier molecular flexibility index (Phi) is 4.74. The Bertz CT molecular complexity index is 816. The van der Waals surface area contributed by atoms with Gasteiger partial charge in [-0.3, -0.25) is 9.59 Å². The van der Waals surface area contributed by atoms with E-state index in [0.717, 1.165) is 12.0 Å². The molecule has 0 radical (unpaired) electrons. The van der Waals surface area contributed by atoms with E-state index in [4.69, 9.17) is 0 Å². The monoisotopic (exact) mass is 348 g/mol. The van der Waals surface area contributed by atoms with Crippen molar-refractivity contribution in [1.29, 1.82) is 0 Å². The van der Waals surface area contributed by atoms with Crippen LogP contribution in [0.25, 0.3) is 0 Å². The maximum absolute atomic E-state index is 13.2. The summed E-state index contributed by atoms with van der Waals surface area (Å²) in [7, 11) is 0. The van der Waals surface area contributed by atoms with Crippen molar-refractivity contribution < 1.29 is 22.8 Å². The van der Waals surface area contributed by atoms with Crippen LogP contribution in [0.15, 0.2) is 36.4 Å². The molecule has 0 bridgehead atoms. The number of hydrogen-bond acceptors (Lipinski definition) is 2. The summed E-state index contributed by atoms with van der Waals surface area (Å²) in [6, 6.07) is 8.97. The summed E-state index contributed by atoms with van der Waals surface area (Å²) in [5.41, 5.74) is 1.86. The van der Waals surface area contributed by atoms with Crippen LogP contribution in [0.5, 0.6) is 0 Å². The maximum Gasteiger partial charge on any atom is 0.251 e. The molecule has 0 saturated carbocycles. The molecule has 0 aliphatic carbocycles. The Morgan fingerprint density at radius 2 is 1.68 bits per heavy atom. The number of rotatable bonds is 3. The summed E-state index contributed by atoms with van der Waals surface area (Å²) in [5.74, 6) is -5.69. The molecule has 0 fully saturated rings. The molecule has 0 spiro atoms. The van der Waals surface area contributed by atoms with Gasteiger partial charge in [0.15, 0.2) is 17.5 Å². The third kappa shape index (κ3) is 3.65. The summed E-state index contributed by atoms with van der Waals surface area (Å²) in [6.07, 6.45) is 0.726. The van der Waals surface area contributed by atoms with Crippen molar-refractivity contribution >= 4 is 11.8 Å². The number of benzene rings is 2. The highest BCUT2D eigenvalue weighted by atomic mass is 19.2. The zero-order valence-corrected chi connectivity index (χ0v) is 13.2. The Balaban J connectivity index is 1.60. The number of amides is 2. The second-order valence-electron chi connectivity index (χ2n) is 5.77. The second-order valence-corrected chi connectivity index (χ2v) is 5.77. The molecule has 0 unspecified atom stereocenters. The predicted octanol–water partition coefficient (Wildman–Crippen LogP) is 2.42. The van der Waals surface area contributed by atoms with Gasteiger partial charge in [0.1, 0.15) is 0 Å². The molecule has 130 valence electrons. The molecule has 1 heterocycles. The lowest BCUT2D eigenvalue weighted by Crippen LogP contribution is -2.42. The van der Waals surface area contributed by atoms with E-state index in [1.165, 1.54) is 5.56 Å². The molecule has 1 aliphatic rings. The Hall–Kier alpha value is -2.83. The van der Waals surface area contributed by atoms with Gasteiger partial charge in [0, 0.05) is 18.7 Å². The van der Waals surface area contributed by atoms with Gasteiger partial charge in [0.05, 0.1) is 6.54 Å². The summed E-state index contributed by atoms with van der Waals surface area (Å²) in [4.78, 5) is 25.7. The molecule has 25 heavy (non-hydrogen) atoms. The Morgan fingerprint density at radius 1 is 1.04 bits per heavy atom. The van der Waals surface area contributed by atoms with Crippen LogP contribution in [0.3, 0.4) is 0 Å². The highest BCUT2D eigenvalue weighted by Crippen LogP contribution is 2.18. The molecule has 4 nitrogen and oxygen atoms in total. The van der Waals surface area contributed by atoms with Gasteiger partial charge in [0.2, 0.25) is 5.91 Å². The molecule has 0 aromatic heterocycles. The molecule has 1 aliphatic heterocycles. The summed E-state index contributed by atoms with van der Waals surface area (Å²) in [6.45, 7) is 0.678. The van der Waals surface area contributed by atoms with E-state index in [0.29, 0.717) is 25.2 Å². The minimum Gasteiger partial charge on any atom is -0.343 e. The fraction of sp³-hybridized carbons (Fsp3) is 0.222. The fourth-order valence-corrected chi connectivity index (χ4v) is 2.76. The SMILES string of the molecule is O=C(NCC(=O)N1CCc2ccccc2C1)c1cc(F)c(F)c(F)c1. The van der Waals surface area contributed by atoms with Crippen molar-refractivity contribution in [2.24, 2.45) is 0 Å². The van der Waals surface area contributed by atoms with E-state index in [2.05, 4.69) is 5.32 Å². The van der Waals surface area contributed by atoms with E-state index < -0.39 is 23.4 Å². The fourth-order valence-electron chi connectivity index (χ4n) is 2.76. The third-order valence-electron chi connectivity index (χ3n) is 4.13. The molecule has 0 atom stereocenters. The van der Waals surface area contributed by atoms with Crippen LogP contribution < -0.4 is 5.32 Å². The van der Waals surface area contributed by atoms with E-state index in [9.17, 15) is 22.8 Å². The van der Waals surface area contributed by atoms with Crippen molar-refractivity contribution in [3.63, 3.8) is 0 Å². The standard InChI is InChI=1S/C18H15F3N2O2/c19-14-7-13(8-15(20)17(14)21)18(25)22-9-16(24)23-6-5-11-3-1-2-4-12(11)10-23/h1-4,7-8H,5-6,9-10H2,(H,22,25). The van der Waals surface area contributed by atoms with Gasteiger partial charge in [0.25, 0.3) is 5.91 Å². The van der Waals surface area contributed by atoms with Crippen LogP contribution in [0.4, 0.5) is 13.2 Å². The third-order valence-corrected chi connectivity index (χ3v) is 4.13. The van der Waals surface area contributed by atoms with E-state index in [1.54, 1.807) is 4.90 Å². The molecule has 2 amide bonds. The van der Waals surface area contributed by atoms with Gasteiger partial charge in [-0.15, -0.1) is 0 Å². The van der Waals surface area contributed by atoms with Crippen LogP contribution in [0.2, 0.25) is 0 Å². The van der Waals surface area contributed by atoms with Crippen LogP contribution in [0.1, 0.15) is 21.5 Å². The second kappa shape index (κ2) is 6.96. The smallest absolute Gasteiger partial charge is 0.251 e. The van der Waals surface area contributed by atoms with Crippen molar-refractivity contribution in [1.82, 2.24) is 10.2 Å². The molecule has 0 saturated heterocycles. The average molecular weight is 348 g/mol. The highest BCUT2D eigenvalue weighted by molar-refractivity contribution is 5.96. The number of halogens is 3. The van der Waals surface area contributed by atoms with Crippen molar-refractivity contribution in [2.75, 3.05) is 13.1 Å². The van der Waals surface area contributed by atoms with Crippen LogP contribution in [0, 0.1) is 17.5 Å². The van der Waals surface area contributed by atoms with Crippen LogP contribution in [-0.4, -0.2) is 29.8 Å². The van der Waals surface area contributed by atoms with Gasteiger partial charge in [-0.05, 0) is 29.7 Å². The lowest BCUT2D eigenvalue weighted by Gasteiger charge is -2.29. The quantitative estimate of drug-likeness (QED) is 0.866. The largest absolute Gasteiger partial charge is 0.343 e. The minimum absolute atomic E-state index is 0.300. The summed E-state index contributed by atoms with van der Waals surface area (Å²) in [5, 5.41) is 2.31. The molecule has 2 aromatic rings. The molecular weight excluding hydrogens is 333 g/mol. The van der Waals surface area contributed by atoms with Gasteiger partial charge >= 0.3 is 0 Å². The number of fused-ring (bicyclic) bond motifs is 1. The molecular formula is C18H15F3N2O2. The van der Waals surface area contributed by atoms with Crippen molar-refractivity contribution in [3.8, 4) is 0 Å². The molecule has 3 rings (SSSR count). The van der Waals surface area contributed by atoms with E-state index in [1.807, 2.05) is 24.3 Å². The topological polar surface area (TPSA) is 49.4 Å². The Morgan fingerprint density at radius 3 is 2.36 bits per heavy atom. The predicted molar refractivity (Wildman–Crippen MR) is 84.2 cm³/mol. The van der Waals surface area contributed by atoms with Gasteiger partial charge in [-0.2, -0.15) is 0 Å². The summed E-state index contributed by atoms with van der Waals surface area (Å²) < 4.78 is 39.2. The maximum atomic E-state index is 13.2. The normalized spacial score (nSPS) is 13.3. The lowest BCUT2D eigenvalue weighted by molar-refractivity contribution is -0.131.